The third-order valence-corrected chi connectivity index (χ3v) is 5.09. The van der Waals surface area contributed by atoms with Gasteiger partial charge in [-0.15, -0.1) is 0 Å². The van der Waals surface area contributed by atoms with Gasteiger partial charge in [-0.25, -0.2) is 4.79 Å². The van der Waals surface area contributed by atoms with Crippen molar-refractivity contribution in [2.45, 2.75) is 32.6 Å². The molecule has 5 heteroatoms. The van der Waals surface area contributed by atoms with E-state index in [1.54, 1.807) is 4.90 Å². The fraction of sp³-hybridized carbons (Fsp3) is 0.381. The van der Waals surface area contributed by atoms with Gasteiger partial charge in [0.25, 0.3) is 5.91 Å². The van der Waals surface area contributed by atoms with Crippen molar-refractivity contribution in [1.29, 1.82) is 0 Å². The maximum atomic E-state index is 12.6. The molecule has 2 heterocycles. The Bertz CT molecular complexity index is 778. The number of pyridine rings is 1. The maximum absolute atomic E-state index is 12.6. The van der Waals surface area contributed by atoms with Crippen LogP contribution in [0.4, 0.5) is 0 Å². The van der Waals surface area contributed by atoms with Gasteiger partial charge < -0.3 is 10.0 Å². The van der Waals surface area contributed by atoms with E-state index in [2.05, 4.69) is 36.2 Å². The van der Waals surface area contributed by atoms with Gasteiger partial charge >= 0.3 is 5.97 Å². The van der Waals surface area contributed by atoms with Crippen LogP contribution in [0.1, 0.15) is 51.2 Å². The summed E-state index contributed by atoms with van der Waals surface area (Å²) in [6, 6.07) is 11.4. The lowest BCUT2D eigenvalue weighted by Crippen LogP contribution is -2.39. The molecule has 0 atom stereocenters. The summed E-state index contributed by atoms with van der Waals surface area (Å²) in [5.74, 6) is -0.597. The van der Waals surface area contributed by atoms with Crippen LogP contribution >= 0.6 is 0 Å². The minimum Gasteiger partial charge on any atom is -0.478 e. The van der Waals surface area contributed by atoms with Crippen molar-refractivity contribution in [2.75, 3.05) is 13.1 Å². The van der Waals surface area contributed by atoms with Crippen LogP contribution in [0.5, 0.6) is 0 Å². The van der Waals surface area contributed by atoms with Crippen molar-refractivity contribution in [1.82, 2.24) is 9.88 Å². The highest BCUT2D eigenvalue weighted by molar-refractivity contribution is 5.95. The van der Waals surface area contributed by atoms with Gasteiger partial charge in [-0.1, -0.05) is 29.8 Å². The Morgan fingerprint density at radius 3 is 2.50 bits per heavy atom. The summed E-state index contributed by atoms with van der Waals surface area (Å²) in [5.41, 5.74) is 2.95. The molecule has 1 aromatic carbocycles. The molecule has 3 rings (SSSR count). The molecule has 0 saturated carbocycles. The standard InChI is InChI=1S/C21H24N2O3/c1-15-2-4-16(5-3-15)6-7-17-9-12-23(13-10-17)20(24)19-14-18(21(25)26)8-11-22-19/h2-5,8,11,14,17H,6-7,9-10,12-13H2,1H3,(H,25,26). The van der Waals surface area contributed by atoms with Crippen molar-refractivity contribution in [2.24, 2.45) is 5.92 Å². The van der Waals surface area contributed by atoms with Crippen molar-refractivity contribution in [3.05, 3.63) is 65.0 Å². The van der Waals surface area contributed by atoms with E-state index in [0.717, 1.165) is 25.7 Å². The number of carboxylic acids is 1. The molecule has 26 heavy (non-hydrogen) atoms. The number of hydrogen-bond acceptors (Lipinski definition) is 3. The highest BCUT2D eigenvalue weighted by atomic mass is 16.4. The number of nitrogens with zero attached hydrogens (tertiary/aromatic N) is 2. The summed E-state index contributed by atoms with van der Waals surface area (Å²) in [4.78, 5) is 29.4. The Kier molecular flexibility index (Phi) is 5.66. The van der Waals surface area contributed by atoms with Gasteiger partial charge in [0.1, 0.15) is 5.69 Å². The van der Waals surface area contributed by atoms with E-state index in [-0.39, 0.29) is 17.2 Å². The molecular formula is C21H24N2O3. The quantitative estimate of drug-likeness (QED) is 0.893. The Morgan fingerprint density at radius 1 is 1.15 bits per heavy atom. The van der Waals surface area contributed by atoms with Crippen LogP contribution in [-0.4, -0.2) is 40.0 Å². The summed E-state index contributed by atoms with van der Waals surface area (Å²) in [5, 5.41) is 9.05. The number of rotatable bonds is 5. The molecule has 0 spiro atoms. The first-order valence-corrected chi connectivity index (χ1v) is 9.07. The number of piperidine rings is 1. The monoisotopic (exact) mass is 352 g/mol. The van der Waals surface area contributed by atoms with Crippen LogP contribution in [0.3, 0.4) is 0 Å². The van der Waals surface area contributed by atoms with E-state index >= 15 is 0 Å². The first-order valence-electron chi connectivity index (χ1n) is 9.07. The number of carbonyl (C=O) groups excluding carboxylic acids is 1. The van der Waals surface area contributed by atoms with Crippen LogP contribution in [0.2, 0.25) is 0 Å². The van der Waals surface area contributed by atoms with Crippen molar-refractivity contribution in [3.63, 3.8) is 0 Å². The van der Waals surface area contributed by atoms with E-state index in [9.17, 15) is 9.59 Å². The molecule has 5 nitrogen and oxygen atoms in total. The largest absolute Gasteiger partial charge is 0.478 e. The molecule has 136 valence electrons. The molecule has 0 radical (unpaired) electrons. The smallest absolute Gasteiger partial charge is 0.335 e. The SMILES string of the molecule is Cc1ccc(CCC2CCN(C(=O)c3cc(C(=O)O)ccn3)CC2)cc1. The average Bonchev–Trinajstić information content (AvgIpc) is 2.67. The lowest BCUT2D eigenvalue weighted by molar-refractivity contribution is 0.0681. The summed E-state index contributed by atoms with van der Waals surface area (Å²) >= 11 is 0. The zero-order chi connectivity index (χ0) is 18.5. The van der Waals surface area contributed by atoms with Crippen LogP contribution in [0.25, 0.3) is 0 Å². The van der Waals surface area contributed by atoms with Gasteiger partial charge in [0, 0.05) is 19.3 Å². The Morgan fingerprint density at radius 2 is 1.85 bits per heavy atom. The minimum atomic E-state index is -1.05. The fourth-order valence-electron chi connectivity index (χ4n) is 3.39. The maximum Gasteiger partial charge on any atom is 0.335 e. The highest BCUT2D eigenvalue weighted by Crippen LogP contribution is 2.23. The number of carboxylic acid groups (broad SMARTS) is 1. The van der Waals surface area contributed by atoms with Crippen LogP contribution in [-0.2, 0) is 6.42 Å². The second-order valence-corrected chi connectivity index (χ2v) is 6.99. The number of likely N-dealkylation sites (tertiary alicyclic amines) is 1. The molecular weight excluding hydrogens is 328 g/mol. The molecule has 0 aliphatic carbocycles. The second kappa shape index (κ2) is 8.13. The summed E-state index contributed by atoms with van der Waals surface area (Å²) < 4.78 is 0. The van der Waals surface area contributed by atoms with E-state index in [4.69, 9.17) is 5.11 Å². The zero-order valence-electron chi connectivity index (χ0n) is 15.0. The number of hydrogen-bond donors (Lipinski definition) is 1. The zero-order valence-corrected chi connectivity index (χ0v) is 15.0. The summed E-state index contributed by atoms with van der Waals surface area (Å²) in [6.45, 7) is 3.50. The number of aryl methyl sites for hydroxylation is 2. The molecule has 1 amide bonds. The predicted molar refractivity (Wildman–Crippen MR) is 99.3 cm³/mol. The molecule has 1 aliphatic rings. The first-order chi connectivity index (χ1) is 12.5. The third kappa shape index (κ3) is 4.48. The van der Waals surface area contributed by atoms with E-state index in [1.807, 2.05) is 0 Å². The second-order valence-electron chi connectivity index (χ2n) is 6.99. The number of aromatic nitrogens is 1. The minimum absolute atomic E-state index is 0.0938. The van der Waals surface area contributed by atoms with Gasteiger partial charge in [-0.05, 0) is 56.2 Å². The Balaban J connectivity index is 1.51. The van der Waals surface area contributed by atoms with E-state index in [1.165, 1.54) is 29.5 Å². The van der Waals surface area contributed by atoms with Crippen LogP contribution in [0.15, 0.2) is 42.6 Å². The van der Waals surface area contributed by atoms with Crippen molar-refractivity contribution in [3.8, 4) is 0 Å². The fourth-order valence-corrected chi connectivity index (χ4v) is 3.39. The molecule has 1 aromatic heterocycles. The average molecular weight is 352 g/mol. The molecule has 0 unspecified atom stereocenters. The first kappa shape index (κ1) is 18.1. The lowest BCUT2D eigenvalue weighted by atomic mass is 9.90. The van der Waals surface area contributed by atoms with Gasteiger partial charge in [0.05, 0.1) is 5.56 Å². The van der Waals surface area contributed by atoms with Crippen LogP contribution < -0.4 is 0 Å². The van der Waals surface area contributed by atoms with Crippen molar-refractivity contribution < 1.29 is 14.7 Å². The molecule has 1 aliphatic heterocycles. The molecule has 2 aromatic rings. The Labute approximate surface area is 153 Å². The number of carbonyl (C=O) groups is 2. The van der Waals surface area contributed by atoms with Gasteiger partial charge in [-0.2, -0.15) is 0 Å². The van der Waals surface area contributed by atoms with Crippen molar-refractivity contribution >= 4 is 11.9 Å². The lowest BCUT2D eigenvalue weighted by Gasteiger charge is -2.32. The van der Waals surface area contributed by atoms with E-state index < -0.39 is 5.97 Å². The molecule has 1 fully saturated rings. The summed E-state index contributed by atoms with van der Waals surface area (Å²) in [6.07, 6.45) is 5.55. The normalized spacial score (nSPS) is 15.0. The number of amides is 1. The van der Waals surface area contributed by atoms with Crippen LogP contribution in [0, 0.1) is 12.8 Å². The number of benzene rings is 1. The third-order valence-electron chi connectivity index (χ3n) is 5.09. The summed E-state index contributed by atoms with van der Waals surface area (Å²) in [7, 11) is 0. The molecule has 1 N–H and O–H groups in total. The van der Waals surface area contributed by atoms with Gasteiger partial charge in [0.15, 0.2) is 0 Å². The highest BCUT2D eigenvalue weighted by Gasteiger charge is 2.24. The Hall–Kier alpha value is -2.69. The predicted octanol–water partition coefficient (Wildman–Crippen LogP) is 3.57. The van der Waals surface area contributed by atoms with Gasteiger partial charge in [0.2, 0.25) is 0 Å². The van der Waals surface area contributed by atoms with Gasteiger partial charge in [-0.3, -0.25) is 9.78 Å². The number of aromatic carboxylic acids is 1. The van der Waals surface area contributed by atoms with E-state index in [0.29, 0.717) is 19.0 Å². The topological polar surface area (TPSA) is 70.5 Å². The molecule has 1 saturated heterocycles. The molecule has 0 bridgehead atoms.